The zero-order valence-electron chi connectivity index (χ0n) is 69.7. The number of rotatable bonds is 16. The molecule has 6 aliphatic heterocycles. The summed E-state index contributed by atoms with van der Waals surface area (Å²) in [5, 5.41) is 3.52. The molecule has 8 heterocycles. The largest absolute Gasteiger partial charge is 0.472 e. The van der Waals surface area contributed by atoms with Crippen molar-refractivity contribution >= 4 is 100 Å². The topological polar surface area (TPSA) is 323 Å². The third kappa shape index (κ3) is 19.3. The van der Waals surface area contributed by atoms with Crippen molar-refractivity contribution in [2.75, 3.05) is 75.5 Å². The number of hydrogen-bond acceptors (Lipinski definition) is 22. The van der Waals surface area contributed by atoms with Crippen LogP contribution in [-0.2, 0) is 77.4 Å². The fourth-order valence-electron chi connectivity index (χ4n) is 18.2. The maximum Gasteiger partial charge on any atom is 0.307 e. The molecule has 116 heavy (non-hydrogen) atoms. The monoisotopic (exact) mass is 1640 g/mol. The van der Waals surface area contributed by atoms with Gasteiger partial charge in [0.2, 0.25) is 55.4 Å². The molecule has 10 aliphatic rings. The van der Waals surface area contributed by atoms with Crippen LogP contribution in [0.15, 0.2) is 85.2 Å². The number of sulfonamides is 2. The number of benzene rings is 2. The van der Waals surface area contributed by atoms with E-state index >= 15 is 0 Å². The summed E-state index contributed by atoms with van der Waals surface area (Å²) in [7, 11) is -7.91. The second-order valence-corrected chi connectivity index (χ2v) is 42.0. The van der Waals surface area contributed by atoms with E-state index in [2.05, 4.69) is 33.1 Å². The van der Waals surface area contributed by atoms with Gasteiger partial charge in [0.1, 0.15) is 23.4 Å². The van der Waals surface area contributed by atoms with E-state index in [-0.39, 0.29) is 111 Å². The van der Waals surface area contributed by atoms with Crippen molar-refractivity contribution in [2.24, 2.45) is 58.2 Å². The SMILES string of the molecule is C[C@@H]1CC/C=C\[C@@H]2C[C@@]2(C(=O)NS(=O)(=O)C2(C)CC2)CC(=O)[C@@H]2C[C@@H](Oc3ncc(N4CCOCC4)c4ccccc34)CN2C(=O)[C@@H](CC(=O)OC(C)(C)C)[C@H](C)C1.C[C@H]1CC/C=C\[C@@H]2C[C@@]2(C(=O)NS(=O)(=O)C2(C)CC2)CC(=O)[C@@H]2C[C@@H](Oc3ncc(N4CCOCC4)c4ccccc34)CN2C(=O)[C@@H](CC(=O)OC(C)(C)C)[C@H](C)C1. The number of morpholine rings is 2. The fraction of sp³-hybridized carbons (Fsp3) is 0.659. The first-order chi connectivity index (χ1) is 54.8. The Labute approximate surface area is 683 Å². The first kappa shape index (κ1) is 85.8. The van der Waals surface area contributed by atoms with Crippen molar-refractivity contribution in [1.29, 1.82) is 0 Å². The van der Waals surface area contributed by atoms with Gasteiger partial charge >= 0.3 is 11.9 Å². The van der Waals surface area contributed by atoms with Gasteiger partial charge in [-0.25, -0.2) is 26.8 Å². The summed E-state index contributed by atoms with van der Waals surface area (Å²) in [5.74, 6) is -5.08. The van der Waals surface area contributed by atoms with Gasteiger partial charge in [-0.3, -0.25) is 47.8 Å². The lowest BCUT2D eigenvalue weighted by Crippen LogP contribution is -2.48. The van der Waals surface area contributed by atoms with Gasteiger partial charge in [-0.15, -0.1) is 0 Å². The third-order valence-electron chi connectivity index (χ3n) is 25.9. The van der Waals surface area contributed by atoms with Crippen LogP contribution in [-0.4, -0.2) is 194 Å². The average Bonchev–Trinajstić information content (AvgIpc) is 1.56. The summed E-state index contributed by atoms with van der Waals surface area (Å²) in [6.07, 6.45) is 16.8. The minimum atomic E-state index is -3.95. The quantitative estimate of drug-likeness (QED) is 0.0777. The lowest BCUT2D eigenvalue weighted by Gasteiger charge is -2.32. The summed E-state index contributed by atoms with van der Waals surface area (Å²) in [6, 6.07) is 13.8. The number of ether oxygens (including phenoxy) is 6. The minimum absolute atomic E-state index is 0.0683. The molecule has 28 heteroatoms. The molecule has 4 amide bonds. The number of nitrogens with one attached hydrogen (secondary N) is 2. The highest BCUT2D eigenvalue weighted by Crippen LogP contribution is 2.59. The molecule has 26 nitrogen and oxygen atoms in total. The highest BCUT2D eigenvalue weighted by molar-refractivity contribution is 7.92. The Hall–Kier alpha value is -8.08. The van der Waals surface area contributed by atoms with Crippen LogP contribution in [0.3, 0.4) is 0 Å². The van der Waals surface area contributed by atoms with Crippen LogP contribution in [0.5, 0.6) is 11.8 Å². The molecule has 2 N–H and O–H groups in total. The molecule has 4 aromatic rings. The summed E-state index contributed by atoms with van der Waals surface area (Å²) in [4.78, 5) is 131. The number of esters is 2. The van der Waals surface area contributed by atoms with E-state index in [0.29, 0.717) is 89.6 Å². The zero-order chi connectivity index (χ0) is 83.2. The molecule has 4 saturated carbocycles. The van der Waals surface area contributed by atoms with E-state index in [1.165, 1.54) is 0 Å². The summed E-state index contributed by atoms with van der Waals surface area (Å²) in [5.41, 5.74) is -2.08. The van der Waals surface area contributed by atoms with Gasteiger partial charge in [0.15, 0.2) is 11.6 Å². The smallest absolute Gasteiger partial charge is 0.307 e. The van der Waals surface area contributed by atoms with Crippen molar-refractivity contribution in [3.8, 4) is 11.8 Å². The van der Waals surface area contributed by atoms with Gasteiger partial charge in [0.05, 0.1) is 120 Å². The summed E-state index contributed by atoms with van der Waals surface area (Å²) < 4.78 is 91.7. The first-order valence-corrected chi connectivity index (χ1v) is 45.1. The maximum absolute atomic E-state index is 15.0. The number of aromatic nitrogens is 2. The van der Waals surface area contributed by atoms with Gasteiger partial charge in [0, 0.05) is 73.4 Å². The fourth-order valence-corrected chi connectivity index (χ4v) is 20.9. The number of allylic oxidation sites excluding steroid dienone is 4. The predicted octanol–water partition coefficient (Wildman–Crippen LogP) is 11.5. The number of Topliss-reactive ketones (excluding diaryl/α,β-unsaturated/α-hetero) is 2. The van der Waals surface area contributed by atoms with Crippen LogP contribution in [0.2, 0.25) is 0 Å². The van der Waals surface area contributed by atoms with Crippen molar-refractivity contribution < 1.29 is 83.6 Å². The van der Waals surface area contributed by atoms with Gasteiger partial charge < -0.3 is 48.0 Å². The Morgan fingerprint density at radius 2 is 0.879 bits per heavy atom. The molecule has 2 aromatic heterocycles. The van der Waals surface area contributed by atoms with Crippen LogP contribution < -0.4 is 28.7 Å². The van der Waals surface area contributed by atoms with Crippen LogP contribution in [0.25, 0.3) is 21.5 Å². The second kappa shape index (κ2) is 34.0. The highest BCUT2D eigenvalue weighted by Gasteiger charge is 2.65. The number of carbonyl (C=O) groups is 8. The Balaban J connectivity index is 0.000000202. The molecule has 4 saturated heterocycles. The molecule has 2 aromatic carbocycles. The summed E-state index contributed by atoms with van der Waals surface area (Å²) in [6.45, 7) is 27.8. The van der Waals surface area contributed by atoms with E-state index in [4.69, 9.17) is 38.4 Å². The van der Waals surface area contributed by atoms with Gasteiger partial charge in [-0.1, -0.05) is 88.4 Å². The van der Waals surface area contributed by atoms with Gasteiger partial charge in [-0.2, -0.15) is 0 Å². The van der Waals surface area contributed by atoms with Crippen LogP contribution in [0, 0.1) is 58.2 Å². The van der Waals surface area contributed by atoms with Crippen molar-refractivity contribution in [3.63, 3.8) is 0 Å². The number of ketones is 2. The molecule has 14 rings (SSSR count). The molecule has 0 spiro atoms. The number of amides is 4. The molecule has 0 bridgehead atoms. The number of nitrogens with zero attached hydrogens (tertiary/aromatic N) is 6. The number of carbonyl (C=O) groups excluding carboxylic acids is 8. The molecular formula is C88H120N8O18S2. The molecule has 8 fully saturated rings. The second-order valence-electron chi connectivity index (χ2n) is 37.6. The summed E-state index contributed by atoms with van der Waals surface area (Å²) >= 11 is 0. The molecule has 632 valence electrons. The van der Waals surface area contributed by atoms with Gasteiger partial charge in [0.25, 0.3) is 0 Å². The van der Waals surface area contributed by atoms with E-state index in [9.17, 15) is 55.2 Å². The predicted molar refractivity (Wildman–Crippen MR) is 439 cm³/mol. The Bertz CT molecular complexity index is 4400. The number of anilines is 2. The van der Waals surface area contributed by atoms with E-state index in [0.717, 1.165) is 84.8 Å². The first-order valence-electron chi connectivity index (χ1n) is 42.1. The molecule has 0 unspecified atom stereocenters. The van der Waals surface area contributed by atoms with Crippen LogP contribution >= 0.6 is 0 Å². The normalized spacial score (nSPS) is 31.0. The Kier molecular flexibility index (Phi) is 25.1. The van der Waals surface area contributed by atoms with E-state index in [1.807, 2.05) is 86.7 Å². The molecule has 14 atom stereocenters. The van der Waals surface area contributed by atoms with Crippen molar-refractivity contribution in [1.82, 2.24) is 29.2 Å². The standard InChI is InChI=1S/2C44H60N4O9S/c2*1-28-11-7-8-12-30-24-44(30,41(52)46-58(53,54)43(6)15-16-43)25-37(49)35-22-31(27-48(35)40(51)34(29(2)21-28)23-38(50)57-42(3,4)5)56-39-33-14-10-9-13-32(33)36(26-45-39)47-17-19-55-20-18-47/h2*8-10,12-14,26,28-31,34-35H,7,11,15-25,27H2,1-6H3,(H,46,52)/b2*12-8-/t28-,29+,30+,31+,34-,35-,44+;28-,29-,30-,31-,34+,35+,44-/m01/s1. The molecular weight excluding hydrogens is 1520 g/mol. The number of fused-ring (bicyclic) bond motifs is 6. The molecule has 4 aliphatic carbocycles. The van der Waals surface area contributed by atoms with Crippen molar-refractivity contribution in [3.05, 3.63) is 85.2 Å². The van der Waals surface area contributed by atoms with Gasteiger partial charge in [-0.05, 0) is 180 Å². The lowest BCUT2D eigenvalue weighted by atomic mass is 9.82. The Morgan fingerprint density at radius 1 is 0.526 bits per heavy atom. The van der Waals surface area contributed by atoms with Crippen LogP contribution in [0.1, 0.15) is 199 Å². The molecule has 0 radical (unpaired) electrons. The third-order valence-corrected chi connectivity index (χ3v) is 30.3. The highest BCUT2D eigenvalue weighted by atomic mass is 32.2. The lowest BCUT2D eigenvalue weighted by molar-refractivity contribution is -0.160. The average molecular weight is 1640 g/mol. The van der Waals surface area contributed by atoms with E-state index in [1.54, 1.807) is 77.6 Å². The zero-order valence-corrected chi connectivity index (χ0v) is 71.3. The van der Waals surface area contributed by atoms with E-state index < -0.39 is 111 Å². The minimum Gasteiger partial charge on any atom is -0.472 e. The van der Waals surface area contributed by atoms with Crippen molar-refractivity contribution in [2.45, 2.75) is 244 Å². The Morgan fingerprint density at radius 3 is 1.22 bits per heavy atom. The maximum atomic E-state index is 15.0. The number of hydrogen-bond donors (Lipinski definition) is 2. The van der Waals surface area contributed by atoms with Crippen LogP contribution in [0.4, 0.5) is 11.4 Å². The number of pyridine rings is 2.